The van der Waals surface area contributed by atoms with Gasteiger partial charge in [0.15, 0.2) is 0 Å². The molecule has 0 saturated carbocycles. The number of nitrogens with one attached hydrogen (secondary N) is 1. The highest BCUT2D eigenvalue weighted by Crippen LogP contribution is 2.25. The predicted molar refractivity (Wildman–Crippen MR) is 65.2 cm³/mol. The first-order chi connectivity index (χ1) is 7.25. The quantitative estimate of drug-likeness (QED) is 0.796. The van der Waals surface area contributed by atoms with Crippen LogP contribution in [-0.4, -0.2) is 16.8 Å². The number of hydrogen-bond acceptors (Lipinski definition) is 3. The van der Waals surface area contributed by atoms with Crippen LogP contribution in [0, 0.1) is 0 Å². The minimum absolute atomic E-state index is 0.538. The standard InChI is InChI=1S/C12H18N2S/c1-9(2)15-12-6-5-10(8-14-12)11-4-3-7-13-11/h5-6,8-9,11,13H,3-4,7H2,1-2H3/t11-/m1/s1. The fourth-order valence-corrected chi connectivity index (χ4v) is 2.62. The van der Waals surface area contributed by atoms with Crippen LogP contribution in [0.5, 0.6) is 0 Å². The smallest absolute Gasteiger partial charge is 0.0962 e. The van der Waals surface area contributed by atoms with Gasteiger partial charge >= 0.3 is 0 Å². The lowest BCUT2D eigenvalue weighted by Gasteiger charge is -2.10. The van der Waals surface area contributed by atoms with Crippen molar-refractivity contribution in [2.45, 2.75) is 43.0 Å². The molecule has 15 heavy (non-hydrogen) atoms. The molecule has 1 atom stereocenters. The third-order valence-corrected chi connectivity index (χ3v) is 3.53. The van der Waals surface area contributed by atoms with Crippen LogP contribution in [0.1, 0.15) is 38.3 Å². The van der Waals surface area contributed by atoms with Gasteiger partial charge in [-0.3, -0.25) is 0 Å². The van der Waals surface area contributed by atoms with Gasteiger partial charge in [0.05, 0.1) is 5.03 Å². The lowest BCUT2D eigenvalue weighted by atomic mass is 10.1. The number of rotatable bonds is 3. The molecule has 2 rings (SSSR count). The summed E-state index contributed by atoms with van der Waals surface area (Å²) in [6, 6.07) is 4.89. The van der Waals surface area contributed by atoms with Gasteiger partial charge in [0.1, 0.15) is 0 Å². The molecule has 0 spiro atoms. The summed E-state index contributed by atoms with van der Waals surface area (Å²) >= 11 is 1.82. The summed E-state index contributed by atoms with van der Waals surface area (Å²) in [6.07, 6.45) is 4.55. The van der Waals surface area contributed by atoms with Gasteiger partial charge in [-0.05, 0) is 31.0 Å². The second-order valence-electron chi connectivity index (χ2n) is 4.25. The SMILES string of the molecule is CC(C)Sc1ccc([C@H]2CCCN2)cn1. The zero-order valence-corrected chi connectivity index (χ0v) is 10.2. The average molecular weight is 222 g/mol. The Kier molecular flexibility index (Phi) is 3.65. The molecule has 1 aliphatic heterocycles. The lowest BCUT2D eigenvalue weighted by molar-refractivity contribution is 0.643. The van der Waals surface area contributed by atoms with Crippen molar-refractivity contribution in [3.63, 3.8) is 0 Å². The van der Waals surface area contributed by atoms with Crippen LogP contribution in [0.25, 0.3) is 0 Å². The first-order valence-corrected chi connectivity index (χ1v) is 6.49. The van der Waals surface area contributed by atoms with Gasteiger partial charge in [-0.25, -0.2) is 4.98 Å². The third kappa shape index (κ3) is 2.95. The maximum absolute atomic E-state index is 4.49. The summed E-state index contributed by atoms with van der Waals surface area (Å²) in [5.74, 6) is 0. The van der Waals surface area contributed by atoms with Crippen molar-refractivity contribution in [1.82, 2.24) is 10.3 Å². The average Bonchev–Trinajstić information content (AvgIpc) is 2.71. The third-order valence-electron chi connectivity index (χ3n) is 2.58. The minimum atomic E-state index is 0.538. The number of aromatic nitrogens is 1. The summed E-state index contributed by atoms with van der Waals surface area (Å²) in [6.45, 7) is 5.53. The molecule has 1 fully saturated rings. The van der Waals surface area contributed by atoms with Crippen LogP contribution < -0.4 is 5.32 Å². The van der Waals surface area contributed by atoms with Crippen molar-refractivity contribution in [2.24, 2.45) is 0 Å². The van der Waals surface area contributed by atoms with Crippen molar-refractivity contribution < 1.29 is 0 Å². The van der Waals surface area contributed by atoms with E-state index in [1.165, 1.54) is 18.4 Å². The second-order valence-corrected chi connectivity index (χ2v) is 5.84. The predicted octanol–water partition coefficient (Wildman–Crippen LogP) is 3.01. The van der Waals surface area contributed by atoms with E-state index >= 15 is 0 Å². The summed E-state index contributed by atoms with van der Waals surface area (Å²) in [5.41, 5.74) is 1.33. The molecule has 1 aromatic rings. The molecule has 0 aromatic carbocycles. The Hall–Kier alpha value is -0.540. The molecule has 1 aromatic heterocycles. The van der Waals surface area contributed by atoms with Gasteiger partial charge in [-0.1, -0.05) is 19.9 Å². The fourth-order valence-electron chi connectivity index (χ4n) is 1.88. The van der Waals surface area contributed by atoms with E-state index in [4.69, 9.17) is 0 Å². The maximum atomic E-state index is 4.49. The molecule has 0 bridgehead atoms. The highest BCUT2D eigenvalue weighted by Gasteiger charge is 2.16. The van der Waals surface area contributed by atoms with E-state index in [2.05, 4.69) is 36.3 Å². The Morgan fingerprint density at radius 1 is 1.47 bits per heavy atom. The summed E-state index contributed by atoms with van der Waals surface area (Å²) in [7, 11) is 0. The van der Waals surface area contributed by atoms with Crippen LogP contribution in [0.15, 0.2) is 23.4 Å². The maximum Gasteiger partial charge on any atom is 0.0962 e. The number of thioether (sulfide) groups is 1. The monoisotopic (exact) mass is 222 g/mol. The van der Waals surface area contributed by atoms with Gasteiger partial charge in [-0.2, -0.15) is 0 Å². The van der Waals surface area contributed by atoms with E-state index in [0.717, 1.165) is 11.6 Å². The number of nitrogens with zero attached hydrogens (tertiary/aromatic N) is 1. The Morgan fingerprint density at radius 2 is 2.33 bits per heavy atom. The molecule has 82 valence electrons. The Bertz CT molecular complexity index is 302. The molecule has 3 heteroatoms. The van der Waals surface area contributed by atoms with E-state index < -0.39 is 0 Å². The summed E-state index contributed by atoms with van der Waals surface area (Å²) < 4.78 is 0. The van der Waals surface area contributed by atoms with E-state index in [1.807, 2.05) is 18.0 Å². The number of pyridine rings is 1. The topological polar surface area (TPSA) is 24.9 Å². The van der Waals surface area contributed by atoms with E-state index in [-0.39, 0.29) is 0 Å². The normalized spacial score (nSPS) is 21.1. The molecule has 0 unspecified atom stereocenters. The Balaban J connectivity index is 2.03. The largest absolute Gasteiger partial charge is 0.310 e. The van der Waals surface area contributed by atoms with Gasteiger partial charge in [0, 0.05) is 17.5 Å². The van der Waals surface area contributed by atoms with Gasteiger partial charge in [0.2, 0.25) is 0 Å². The first-order valence-electron chi connectivity index (χ1n) is 5.61. The van der Waals surface area contributed by atoms with Crippen molar-refractivity contribution in [3.8, 4) is 0 Å². The molecular formula is C12H18N2S. The first kappa shape index (κ1) is 11.0. The summed E-state index contributed by atoms with van der Waals surface area (Å²) in [5, 5.41) is 5.22. The van der Waals surface area contributed by atoms with E-state index in [1.54, 1.807) is 0 Å². The highest BCUT2D eigenvalue weighted by atomic mass is 32.2. The van der Waals surface area contributed by atoms with Crippen LogP contribution >= 0.6 is 11.8 Å². The van der Waals surface area contributed by atoms with Crippen LogP contribution in [0.2, 0.25) is 0 Å². The lowest BCUT2D eigenvalue weighted by Crippen LogP contribution is -2.12. The summed E-state index contributed by atoms with van der Waals surface area (Å²) in [4.78, 5) is 4.49. The zero-order chi connectivity index (χ0) is 10.7. The van der Waals surface area contributed by atoms with Crippen molar-refractivity contribution in [3.05, 3.63) is 23.9 Å². The molecule has 0 radical (unpaired) electrons. The van der Waals surface area contributed by atoms with Crippen LogP contribution in [0.4, 0.5) is 0 Å². The molecule has 1 N–H and O–H groups in total. The van der Waals surface area contributed by atoms with Crippen molar-refractivity contribution in [1.29, 1.82) is 0 Å². The highest BCUT2D eigenvalue weighted by molar-refractivity contribution is 7.99. The zero-order valence-electron chi connectivity index (χ0n) is 9.36. The van der Waals surface area contributed by atoms with E-state index in [9.17, 15) is 0 Å². The van der Waals surface area contributed by atoms with Gasteiger partial charge in [-0.15, -0.1) is 11.8 Å². The van der Waals surface area contributed by atoms with Gasteiger partial charge < -0.3 is 5.32 Å². The van der Waals surface area contributed by atoms with Crippen molar-refractivity contribution in [2.75, 3.05) is 6.54 Å². The molecule has 0 amide bonds. The van der Waals surface area contributed by atoms with Crippen LogP contribution in [-0.2, 0) is 0 Å². The molecule has 0 aliphatic carbocycles. The fraction of sp³-hybridized carbons (Fsp3) is 0.583. The molecule has 1 aliphatic rings. The van der Waals surface area contributed by atoms with Gasteiger partial charge in [0.25, 0.3) is 0 Å². The second kappa shape index (κ2) is 4.99. The molecular weight excluding hydrogens is 204 g/mol. The van der Waals surface area contributed by atoms with Crippen molar-refractivity contribution >= 4 is 11.8 Å². The number of hydrogen-bond donors (Lipinski definition) is 1. The molecule has 2 heterocycles. The van der Waals surface area contributed by atoms with Crippen LogP contribution in [0.3, 0.4) is 0 Å². The minimum Gasteiger partial charge on any atom is -0.310 e. The van der Waals surface area contributed by atoms with E-state index in [0.29, 0.717) is 11.3 Å². The Labute approximate surface area is 95.9 Å². The Morgan fingerprint density at radius 3 is 2.87 bits per heavy atom. The molecule has 2 nitrogen and oxygen atoms in total. The molecule has 1 saturated heterocycles.